The monoisotopic (exact) mass is 325 g/mol. The molecule has 1 aromatic heterocycles. The van der Waals surface area contributed by atoms with Crippen LogP contribution in [0.3, 0.4) is 0 Å². The Morgan fingerprint density at radius 2 is 1.88 bits per heavy atom. The molecule has 1 heterocycles. The van der Waals surface area contributed by atoms with Gasteiger partial charge in [0.15, 0.2) is 0 Å². The summed E-state index contributed by atoms with van der Waals surface area (Å²) in [6.07, 6.45) is 0. The van der Waals surface area contributed by atoms with Gasteiger partial charge in [-0.05, 0) is 43.7 Å². The Morgan fingerprint density at radius 3 is 2.58 bits per heavy atom. The van der Waals surface area contributed by atoms with Gasteiger partial charge in [0.1, 0.15) is 11.9 Å². The summed E-state index contributed by atoms with van der Waals surface area (Å²) in [7, 11) is 0. The summed E-state index contributed by atoms with van der Waals surface area (Å²) in [6.45, 7) is 3.71. The van der Waals surface area contributed by atoms with Crippen molar-refractivity contribution in [3.8, 4) is 11.4 Å². The molecule has 0 spiro atoms. The molecule has 24 heavy (non-hydrogen) atoms. The number of hydrogen-bond donors (Lipinski definition) is 1. The molecule has 6 heteroatoms. The predicted octanol–water partition coefficient (Wildman–Crippen LogP) is 3.68. The van der Waals surface area contributed by atoms with Crippen molar-refractivity contribution in [3.05, 3.63) is 71.4 Å². The summed E-state index contributed by atoms with van der Waals surface area (Å²) in [5.41, 5.74) is 2.28. The topological polar surface area (TPSA) is 68.0 Å². The molecule has 0 saturated heterocycles. The van der Waals surface area contributed by atoms with E-state index in [1.165, 1.54) is 24.3 Å². The van der Waals surface area contributed by atoms with Crippen LogP contribution in [0.25, 0.3) is 11.4 Å². The van der Waals surface area contributed by atoms with Crippen LogP contribution < -0.4 is 5.32 Å². The van der Waals surface area contributed by atoms with E-state index in [4.69, 9.17) is 4.52 Å². The highest BCUT2D eigenvalue weighted by Gasteiger charge is 2.18. The Bertz CT molecular complexity index is 859. The number of carbonyl (C=O) groups excluding carboxylic acids is 1. The number of amides is 1. The molecular formula is C18H16FN3O2. The van der Waals surface area contributed by atoms with Crippen molar-refractivity contribution in [1.29, 1.82) is 0 Å². The van der Waals surface area contributed by atoms with Gasteiger partial charge in [-0.2, -0.15) is 4.98 Å². The van der Waals surface area contributed by atoms with Gasteiger partial charge < -0.3 is 9.84 Å². The molecule has 122 valence electrons. The Hall–Kier alpha value is -3.02. The summed E-state index contributed by atoms with van der Waals surface area (Å²) in [4.78, 5) is 16.5. The predicted molar refractivity (Wildman–Crippen MR) is 86.8 cm³/mol. The molecule has 0 saturated carbocycles. The number of aromatic nitrogens is 2. The molecule has 0 fully saturated rings. The molecule has 0 aliphatic carbocycles. The second-order valence-corrected chi connectivity index (χ2v) is 5.47. The van der Waals surface area contributed by atoms with E-state index in [-0.39, 0.29) is 11.7 Å². The summed E-state index contributed by atoms with van der Waals surface area (Å²) in [5.74, 6) is 0.0622. The molecule has 3 rings (SSSR count). The molecular weight excluding hydrogens is 309 g/mol. The third kappa shape index (κ3) is 3.32. The van der Waals surface area contributed by atoms with E-state index in [2.05, 4.69) is 15.5 Å². The van der Waals surface area contributed by atoms with Crippen molar-refractivity contribution >= 4 is 5.91 Å². The van der Waals surface area contributed by atoms with Crippen molar-refractivity contribution in [2.75, 3.05) is 0 Å². The van der Waals surface area contributed by atoms with Gasteiger partial charge in [-0.1, -0.05) is 29.4 Å². The summed E-state index contributed by atoms with van der Waals surface area (Å²) < 4.78 is 18.2. The zero-order valence-electron chi connectivity index (χ0n) is 13.3. The normalized spacial score (nSPS) is 12.0. The van der Waals surface area contributed by atoms with E-state index in [0.717, 1.165) is 11.1 Å². The number of nitrogens with zero attached hydrogens (tertiary/aromatic N) is 2. The van der Waals surface area contributed by atoms with Crippen molar-refractivity contribution in [2.24, 2.45) is 0 Å². The number of halogens is 1. The molecule has 0 aliphatic rings. The van der Waals surface area contributed by atoms with E-state index in [0.29, 0.717) is 17.3 Å². The third-order valence-corrected chi connectivity index (χ3v) is 3.65. The first-order valence-corrected chi connectivity index (χ1v) is 7.50. The summed E-state index contributed by atoms with van der Waals surface area (Å²) in [6, 6.07) is 12.6. The SMILES string of the molecule is Cc1ccccc1-c1noc([C@@H](C)NC(=O)c2ccc(F)cc2)n1. The fraction of sp³-hybridized carbons (Fsp3) is 0.167. The quantitative estimate of drug-likeness (QED) is 0.794. The minimum Gasteiger partial charge on any atom is -0.341 e. The highest BCUT2D eigenvalue weighted by atomic mass is 19.1. The second kappa shape index (κ2) is 6.62. The van der Waals surface area contributed by atoms with Crippen molar-refractivity contribution in [2.45, 2.75) is 19.9 Å². The van der Waals surface area contributed by atoms with Crippen LogP contribution in [0.4, 0.5) is 4.39 Å². The largest absolute Gasteiger partial charge is 0.341 e. The fourth-order valence-corrected chi connectivity index (χ4v) is 2.29. The average molecular weight is 325 g/mol. The van der Waals surface area contributed by atoms with Gasteiger partial charge in [0.25, 0.3) is 5.91 Å². The number of benzene rings is 2. The molecule has 5 nitrogen and oxygen atoms in total. The molecule has 0 aliphatic heterocycles. The van der Waals surface area contributed by atoms with Crippen LogP contribution in [0.2, 0.25) is 0 Å². The van der Waals surface area contributed by atoms with Crippen LogP contribution in [0, 0.1) is 12.7 Å². The van der Waals surface area contributed by atoms with Crippen molar-refractivity contribution in [1.82, 2.24) is 15.5 Å². The first-order valence-electron chi connectivity index (χ1n) is 7.50. The van der Waals surface area contributed by atoms with Crippen LogP contribution >= 0.6 is 0 Å². The summed E-state index contributed by atoms with van der Waals surface area (Å²) in [5, 5.41) is 6.73. The van der Waals surface area contributed by atoms with Gasteiger partial charge >= 0.3 is 0 Å². The first-order chi connectivity index (χ1) is 11.5. The molecule has 0 unspecified atom stereocenters. The lowest BCUT2D eigenvalue weighted by atomic mass is 10.1. The fourth-order valence-electron chi connectivity index (χ4n) is 2.29. The maximum Gasteiger partial charge on any atom is 0.251 e. The number of hydrogen-bond acceptors (Lipinski definition) is 4. The van der Waals surface area contributed by atoms with E-state index in [9.17, 15) is 9.18 Å². The molecule has 0 radical (unpaired) electrons. The first kappa shape index (κ1) is 15.9. The maximum atomic E-state index is 12.9. The lowest BCUT2D eigenvalue weighted by molar-refractivity contribution is 0.0932. The number of aryl methyl sites for hydroxylation is 1. The van der Waals surface area contributed by atoms with E-state index in [1.54, 1.807) is 6.92 Å². The number of nitrogens with one attached hydrogen (secondary N) is 1. The van der Waals surface area contributed by atoms with Gasteiger partial charge in [-0.3, -0.25) is 4.79 Å². The summed E-state index contributed by atoms with van der Waals surface area (Å²) >= 11 is 0. The van der Waals surface area contributed by atoms with E-state index in [1.807, 2.05) is 31.2 Å². The lowest BCUT2D eigenvalue weighted by Gasteiger charge is -2.09. The van der Waals surface area contributed by atoms with Gasteiger partial charge in [0.05, 0.1) is 0 Å². The van der Waals surface area contributed by atoms with Crippen LogP contribution in [-0.4, -0.2) is 16.0 Å². The second-order valence-electron chi connectivity index (χ2n) is 5.47. The highest BCUT2D eigenvalue weighted by molar-refractivity contribution is 5.94. The van der Waals surface area contributed by atoms with Crippen molar-refractivity contribution in [3.63, 3.8) is 0 Å². The van der Waals surface area contributed by atoms with Crippen LogP contribution in [0.5, 0.6) is 0 Å². The number of carbonyl (C=O) groups is 1. The van der Waals surface area contributed by atoms with Crippen LogP contribution in [0.15, 0.2) is 53.1 Å². The Kier molecular flexibility index (Phi) is 4.37. The van der Waals surface area contributed by atoms with Gasteiger partial charge in [0, 0.05) is 11.1 Å². The Morgan fingerprint density at radius 1 is 1.17 bits per heavy atom. The van der Waals surface area contributed by atoms with Gasteiger partial charge in [0.2, 0.25) is 11.7 Å². The van der Waals surface area contributed by atoms with Gasteiger partial charge in [-0.15, -0.1) is 0 Å². The van der Waals surface area contributed by atoms with E-state index < -0.39 is 6.04 Å². The average Bonchev–Trinajstić information content (AvgIpc) is 3.05. The molecule has 1 N–H and O–H groups in total. The van der Waals surface area contributed by atoms with Crippen molar-refractivity contribution < 1.29 is 13.7 Å². The Balaban J connectivity index is 1.74. The third-order valence-electron chi connectivity index (χ3n) is 3.65. The van der Waals surface area contributed by atoms with E-state index >= 15 is 0 Å². The smallest absolute Gasteiger partial charge is 0.251 e. The van der Waals surface area contributed by atoms with Crippen LogP contribution in [-0.2, 0) is 0 Å². The number of rotatable bonds is 4. The maximum absolute atomic E-state index is 12.9. The Labute approximate surface area is 138 Å². The standard InChI is InChI=1S/C18H16FN3O2/c1-11-5-3-4-6-15(11)16-21-18(24-22-16)12(2)20-17(23)13-7-9-14(19)10-8-13/h3-10,12H,1-2H3,(H,20,23)/t12-/m1/s1. The molecule has 0 bridgehead atoms. The minimum absolute atomic E-state index is 0.309. The molecule has 2 aromatic carbocycles. The van der Waals surface area contributed by atoms with Crippen LogP contribution in [0.1, 0.15) is 34.8 Å². The van der Waals surface area contributed by atoms with Gasteiger partial charge in [-0.25, -0.2) is 4.39 Å². The minimum atomic E-state index is -0.465. The zero-order valence-corrected chi connectivity index (χ0v) is 13.3. The highest BCUT2D eigenvalue weighted by Crippen LogP contribution is 2.21. The zero-order chi connectivity index (χ0) is 17.1. The lowest BCUT2D eigenvalue weighted by Crippen LogP contribution is -2.26. The molecule has 1 atom stereocenters. The molecule has 3 aromatic rings. The molecule has 1 amide bonds.